The Labute approximate surface area is 128 Å². The summed E-state index contributed by atoms with van der Waals surface area (Å²) in [6.45, 7) is 11.2. The Morgan fingerprint density at radius 2 is 1.57 bits per heavy atom. The van der Waals surface area contributed by atoms with E-state index in [1.54, 1.807) is 0 Å². The molecule has 21 heavy (non-hydrogen) atoms. The van der Waals surface area contributed by atoms with Crippen LogP contribution in [-0.2, 0) is 4.79 Å². The minimum absolute atomic E-state index is 0.0596. The number of Topliss-reactive ketones (excluding diaryl/α,β-unsaturated/α-hetero) is 1. The zero-order chi connectivity index (χ0) is 15.7. The van der Waals surface area contributed by atoms with Crippen molar-refractivity contribution in [1.29, 1.82) is 5.26 Å². The molecule has 0 aromatic heterocycles. The van der Waals surface area contributed by atoms with Crippen molar-refractivity contribution in [1.82, 2.24) is 0 Å². The molecule has 2 heteroatoms. The Morgan fingerprint density at radius 3 is 2.19 bits per heavy atom. The van der Waals surface area contributed by atoms with Gasteiger partial charge in [0.15, 0.2) is 5.78 Å². The lowest BCUT2D eigenvalue weighted by atomic mass is 9.46. The number of allylic oxidation sites excluding steroid dienone is 2. The number of rotatable bonds is 0. The molecule has 3 rings (SSSR count). The molecule has 2 atom stereocenters. The second-order valence-electron chi connectivity index (χ2n) is 9.80. The highest BCUT2D eigenvalue weighted by atomic mass is 16.1. The molecule has 0 saturated heterocycles. The Morgan fingerprint density at radius 1 is 0.905 bits per heavy atom. The summed E-state index contributed by atoms with van der Waals surface area (Å²) >= 11 is 0. The van der Waals surface area contributed by atoms with E-state index in [2.05, 4.69) is 40.7 Å². The molecule has 0 aromatic rings. The van der Waals surface area contributed by atoms with Crippen LogP contribution in [0.25, 0.3) is 0 Å². The van der Waals surface area contributed by atoms with Crippen LogP contribution in [-0.4, -0.2) is 5.78 Å². The zero-order valence-electron chi connectivity index (χ0n) is 14.1. The minimum Gasteiger partial charge on any atom is -0.294 e. The first-order chi connectivity index (χ1) is 9.50. The van der Waals surface area contributed by atoms with E-state index in [0.29, 0.717) is 6.42 Å². The van der Waals surface area contributed by atoms with Crippen LogP contribution in [0.2, 0.25) is 0 Å². The fourth-order valence-corrected chi connectivity index (χ4v) is 6.05. The summed E-state index contributed by atoms with van der Waals surface area (Å²) in [5.41, 5.74) is 2.11. The Kier molecular flexibility index (Phi) is 2.82. The summed E-state index contributed by atoms with van der Waals surface area (Å²) in [7, 11) is 0. The van der Waals surface area contributed by atoms with Crippen LogP contribution in [0, 0.1) is 33.0 Å². The second kappa shape index (κ2) is 4.00. The number of nitriles is 1. The number of carbonyl (C=O) groups excluding carboxylic acids is 1. The van der Waals surface area contributed by atoms with E-state index in [1.807, 2.05) is 0 Å². The first-order valence-corrected chi connectivity index (χ1v) is 8.17. The molecule has 1 fully saturated rings. The van der Waals surface area contributed by atoms with Crippen molar-refractivity contribution < 1.29 is 4.79 Å². The molecule has 0 N–H and O–H groups in total. The molecule has 0 aromatic carbocycles. The summed E-state index contributed by atoms with van der Waals surface area (Å²) < 4.78 is 0. The molecule has 2 bridgehead atoms. The van der Waals surface area contributed by atoms with Gasteiger partial charge in [-0.3, -0.25) is 4.79 Å². The first-order valence-electron chi connectivity index (χ1n) is 8.17. The smallest absolute Gasteiger partial charge is 0.160 e. The van der Waals surface area contributed by atoms with E-state index in [-0.39, 0.29) is 22.0 Å². The van der Waals surface area contributed by atoms with E-state index >= 15 is 0 Å². The van der Waals surface area contributed by atoms with Gasteiger partial charge in [-0.2, -0.15) is 5.26 Å². The van der Waals surface area contributed by atoms with E-state index < -0.39 is 5.41 Å². The van der Waals surface area contributed by atoms with Gasteiger partial charge in [-0.1, -0.05) is 40.2 Å². The molecule has 0 spiro atoms. The highest BCUT2D eigenvalue weighted by molar-refractivity contribution is 5.99. The summed E-state index contributed by atoms with van der Waals surface area (Å²) in [5.74, 6) is 0.252. The van der Waals surface area contributed by atoms with Crippen LogP contribution in [0.5, 0.6) is 0 Å². The standard InChI is InChI=1S/C19H27NO/c1-16(2)6-13-7-18(5)9-17(3,4)10-19(11-18,12-20)15(13)14(21)8-16/h6-11H2,1-5H3/t18-,19+/m0/s1. The maximum Gasteiger partial charge on any atom is 0.160 e. The van der Waals surface area contributed by atoms with E-state index in [1.165, 1.54) is 5.57 Å². The van der Waals surface area contributed by atoms with E-state index in [0.717, 1.165) is 37.7 Å². The zero-order valence-corrected chi connectivity index (χ0v) is 14.1. The van der Waals surface area contributed by atoms with Gasteiger partial charge in [0.2, 0.25) is 0 Å². The quantitative estimate of drug-likeness (QED) is 0.641. The first kappa shape index (κ1) is 14.8. The fourth-order valence-electron chi connectivity index (χ4n) is 6.05. The topological polar surface area (TPSA) is 40.9 Å². The lowest BCUT2D eigenvalue weighted by Gasteiger charge is -2.56. The van der Waals surface area contributed by atoms with Gasteiger partial charge in [-0.05, 0) is 48.3 Å². The molecule has 0 radical (unpaired) electrons. The average Bonchev–Trinajstić information content (AvgIpc) is 2.21. The predicted octanol–water partition coefficient (Wildman–Crippen LogP) is 4.80. The van der Waals surface area contributed by atoms with Crippen molar-refractivity contribution in [3.63, 3.8) is 0 Å². The third-order valence-corrected chi connectivity index (χ3v) is 5.71. The molecule has 0 amide bonds. The highest BCUT2D eigenvalue weighted by Crippen LogP contribution is 2.64. The Balaban J connectivity index is 2.18. The van der Waals surface area contributed by atoms with Gasteiger partial charge in [0.25, 0.3) is 0 Å². The maximum absolute atomic E-state index is 12.8. The van der Waals surface area contributed by atoms with E-state index in [9.17, 15) is 10.1 Å². The average molecular weight is 285 g/mol. The molecular weight excluding hydrogens is 258 g/mol. The van der Waals surface area contributed by atoms with Crippen LogP contribution in [0.1, 0.15) is 73.1 Å². The minimum atomic E-state index is -0.516. The Bertz CT molecular complexity index is 589. The number of hydrogen-bond acceptors (Lipinski definition) is 2. The van der Waals surface area contributed by atoms with Crippen molar-refractivity contribution in [3.05, 3.63) is 11.1 Å². The highest BCUT2D eigenvalue weighted by Gasteiger charge is 2.58. The van der Waals surface area contributed by atoms with Gasteiger partial charge < -0.3 is 0 Å². The third kappa shape index (κ3) is 2.26. The molecule has 3 aliphatic carbocycles. The van der Waals surface area contributed by atoms with Crippen molar-refractivity contribution in [2.45, 2.75) is 73.1 Å². The fraction of sp³-hybridized carbons (Fsp3) is 0.789. The number of carbonyl (C=O) groups is 1. The normalized spacial score (nSPS) is 40.5. The Hall–Kier alpha value is -1.10. The number of ketones is 1. The van der Waals surface area contributed by atoms with Gasteiger partial charge in [0.1, 0.15) is 0 Å². The summed E-state index contributed by atoms with van der Waals surface area (Å²) in [5, 5.41) is 9.99. The largest absolute Gasteiger partial charge is 0.294 e. The van der Waals surface area contributed by atoms with Crippen molar-refractivity contribution >= 4 is 5.78 Å². The molecule has 2 nitrogen and oxygen atoms in total. The van der Waals surface area contributed by atoms with Gasteiger partial charge in [0, 0.05) is 12.0 Å². The van der Waals surface area contributed by atoms with Gasteiger partial charge in [-0.15, -0.1) is 0 Å². The third-order valence-electron chi connectivity index (χ3n) is 5.71. The number of hydrogen-bond donors (Lipinski definition) is 0. The van der Waals surface area contributed by atoms with E-state index in [4.69, 9.17) is 0 Å². The van der Waals surface area contributed by atoms with Crippen molar-refractivity contribution in [2.24, 2.45) is 21.7 Å². The van der Waals surface area contributed by atoms with Crippen LogP contribution >= 0.6 is 0 Å². The molecule has 0 heterocycles. The predicted molar refractivity (Wildman–Crippen MR) is 83.5 cm³/mol. The lowest BCUT2D eigenvalue weighted by molar-refractivity contribution is -0.120. The van der Waals surface area contributed by atoms with Gasteiger partial charge in [-0.25, -0.2) is 0 Å². The molecule has 1 saturated carbocycles. The van der Waals surface area contributed by atoms with Gasteiger partial charge >= 0.3 is 0 Å². The van der Waals surface area contributed by atoms with Crippen LogP contribution < -0.4 is 0 Å². The van der Waals surface area contributed by atoms with Crippen molar-refractivity contribution in [3.8, 4) is 6.07 Å². The van der Waals surface area contributed by atoms with Crippen LogP contribution in [0.15, 0.2) is 11.1 Å². The maximum atomic E-state index is 12.8. The van der Waals surface area contributed by atoms with Crippen LogP contribution in [0.4, 0.5) is 0 Å². The molecule has 0 aliphatic heterocycles. The lowest BCUT2D eigenvalue weighted by Crippen LogP contribution is -2.50. The molecule has 0 unspecified atom stereocenters. The summed E-state index contributed by atoms with van der Waals surface area (Å²) in [6, 6.07) is 2.61. The molecule has 114 valence electrons. The molecular formula is C19H27NO. The van der Waals surface area contributed by atoms with Crippen molar-refractivity contribution in [2.75, 3.05) is 0 Å². The monoisotopic (exact) mass is 285 g/mol. The summed E-state index contributed by atoms with van der Waals surface area (Å²) in [4.78, 5) is 12.8. The summed E-state index contributed by atoms with van der Waals surface area (Å²) in [6.07, 6.45) is 5.50. The number of fused-ring (bicyclic) bond motifs is 3. The number of nitrogens with zero attached hydrogens (tertiary/aromatic N) is 1. The van der Waals surface area contributed by atoms with Gasteiger partial charge in [0.05, 0.1) is 11.5 Å². The second-order valence-corrected chi connectivity index (χ2v) is 9.80. The molecule has 3 aliphatic rings. The SMILES string of the molecule is CC1(C)CC(=O)C2=C(C1)C[C@@]1(C)CC(C)(C)C[C@]2(C#N)C1. The van der Waals surface area contributed by atoms with Crippen LogP contribution in [0.3, 0.4) is 0 Å².